The number of nitrogens with zero attached hydrogens (tertiary/aromatic N) is 1. The largest absolute Gasteiger partial charge is 0.473 e. The van der Waals surface area contributed by atoms with E-state index in [0.29, 0.717) is 6.73 Å². The van der Waals surface area contributed by atoms with Crippen molar-refractivity contribution in [3.05, 3.63) is 53.3 Å². The summed E-state index contributed by atoms with van der Waals surface area (Å²) in [4.78, 5) is 2.26. The van der Waals surface area contributed by atoms with Gasteiger partial charge in [0.1, 0.15) is 5.76 Å². The van der Waals surface area contributed by atoms with E-state index in [1.165, 1.54) is 16.8 Å². The first-order valence-electron chi connectivity index (χ1n) is 6.51. The normalized spacial score (nSPS) is 16.3. The first kappa shape index (κ1) is 12.7. The van der Waals surface area contributed by atoms with Gasteiger partial charge >= 0.3 is 0 Å². The van der Waals surface area contributed by atoms with Crippen molar-refractivity contribution in [2.24, 2.45) is 0 Å². The number of hydrogen-bond donors (Lipinski definition) is 0. The Morgan fingerprint density at radius 1 is 1.33 bits per heavy atom. The molecular weight excluding hydrogens is 222 g/mol. The summed E-state index contributed by atoms with van der Waals surface area (Å²) in [5.41, 5.74) is 3.80. The molecule has 0 amide bonds. The van der Waals surface area contributed by atoms with E-state index in [-0.39, 0.29) is 0 Å². The fourth-order valence-electron chi connectivity index (χ4n) is 2.09. The second kappa shape index (κ2) is 5.76. The molecule has 0 unspecified atom stereocenters. The molecule has 2 rings (SSSR count). The van der Waals surface area contributed by atoms with Gasteiger partial charge in [-0.05, 0) is 49.6 Å². The highest BCUT2D eigenvalue weighted by molar-refractivity contribution is 5.50. The van der Waals surface area contributed by atoms with Crippen molar-refractivity contribution in [1.29, 1.82) is 0 Å². The van der Waals surface area contributed by atoms with Crippen LogP contribution in [0.15, 0.2) is 47.7 Å². The fourth-order valence-corrected chi connectivity index (χ4v) is 2.09. The van der Waals surface area contributed by atoms with Gasteiger partial charge in [0.15, 0.2) is 6.73 Å². The number of anilines is 1. The molecule has 2 nitrogen and oxygen atoms in total. The first-order chi connectivity index (χ1) is 8.70. The SMILES string of the molecule is CC/C=C\C1=C(C)CN(c2cccc(C)c2)CO1. The highest BCUT2D eigenvalue weighted by atomic mass is 16.5. The zero-order valence-electron chi connectivity index (χ0n) is 11.4. The van der Waals surface area contributed by atoms with E-state index in [2.05, 4.69) is 62.1 Å². The average molecular weight is 243 g/mol. The van der Waals surface area contributed by atoms with Gasteiger partial charge < -0.3 is 9.64 Å². The lowest BCUT2D eigenvalue weighted by molar-refractivity contribution is 0.206. The lowest BCUT2D eigenvalue weighted by Gasteiger charge is -2.31. The Morgan fingerprint density at radius 3 is 2.83 bits per heavy atom. The predicted molar refractivity (Wildman–Crippen MR) is 76.6 cm³/mol. The third-order valence-electron chi connectivity index (χ3n) is 3.10. The molecule has 0 fully saturated rings. The molecule has 1 heterocycles. The van der Waals surface area contributed by atoms with Crippen LogP contribution in [0.25, 0.3) is 0 Å². The summed E-state index contributed by atoms with van der Waals surface area (Å²) in [5, 5.41) is 0. The first-order valence-corrected chi connectivity index (χ1v) is 6.51. The summed E-state index contributed by atoms with van der Waals surface area (Å²) >= 11 is 0. The van der Waals surface area contributed by atoms with Crippen molar-refractivity contribution in [3.8, 4) is 0 Å². The Hall–Kier alpha value is -1.70. The van der Waals surface area contributed by atoms with Crippen LogP contribution in [-0.4, -0.2) is 13.3 Å². The van der Waals surface area contributed by atoms with Crippen LogP contribution in [0.5, 0.6) is 0 Å². The van der Waals surface area contributed by atoms with Gasteiger partial charge in [0.2, 0.25) is 0 Å². The second-order valence-corrected chi connectivity index (χ2v) is 4.77. The maximum atomic E-state index is 5.82. The number of allylic oxidation sites excluding steroid dienone is 2. The Kier molecular flexibility index (Phi) is 4.08. The van der Waals surface area contributed by atoms with Gasteiger partial charge in [-0.2, -0.15) is 0 Å². The summed E-state index contributed by atoms with van der Waals surface area (Å²) in [6.45, 7) is 7.95. The van der Waals surface area contributed by atoms with Gasteiger partial charge in [0, 0.05) is 12.2 Å². The zero-order chi connectivity index (χ0) is 13.0. The zero-order valence-corrected chi connectivity index (χ0v) is 11.4. The van der Waals surface area contributed by atoms with Gasteiger partial charge in [0.25, 0.3) is 0 Å². The molecule has 0 spiro atoms. The van der Waals surface area contributed by atoms with Gasteiger partial charge in [-0.25, -0.2) is 0 Å². The molecule has 18 heavy (non-hydrogen) atoms. The lowest BCUT2D eigenvalue weighted by atomic mass is 10.1. The van der Waals surface area contributed by atoms with Gasteiger partial charge in [0.05, 0.1) is 0 Å². The predicted octanol–water partition coefficient (Wildman–Crippen LogP) is 4.03. The maximum Gasteiger partial charge on any atom is 0.161 e. The van der Waals surface area contributed by atoms with Crippen LogP contribution in [0.3, 0.4) is 0 Å². The molecular formula is C16H21NO. The van der Waals surface area contributed by atoms with E-state index < -0.39 is 0 Å². The van der Waals surface area contributed by atoms with Crippen LogP contribution < -0.4 is 4.90 Å². The quantitative estimate of drug-likeness (QED) is 0.794. The minimum absolute atomic E-state index is 0.629. The molecule has 0 saturated carbocycles. The molecule has 0 aromatic heterocycles. The smallest absolute Gasteiger partial charge is 0.161 e. The van der Waals surface area contributed by atoms with Crippen LogP contribution >= 0.6 is 0 Å². The molecule has 1 aromatic rings. The Bertz CT molecular complexity index is 474. The Morgan fingerprint density at radius 2 is 2.17 bits per heavy atom. The van der Waals surface area contributed by atoms with Crippen LogP contribution in [0.4, 0.5) is 5.69 Å². The molecule has 2 heteroatoms. The van der Waals surface area contributed by atoms with E-state index in [4.69, 9.17) is 4.74 Å². The summed E-state index contributed by atoms with van der Waals surface area (Å²) in [7, 11) is 0. The third-order valence-corrected chi connectivity index (χ3v) is 3.10. The van der Waals surface area contributed by atoms with E-state index in [1.807, 2.05) is 0 Å². The van der Waals surface area contributed by atoms with E-state index >= 15 is 0 Å². The van der Waals surface area contributed by atoms with Gasteiger partial charge in [-0.1, -0.05) is 25.1 Å². The highest BCUT2D eigenvalue weighted by Crippen LogP contribution is 2.23. The number of ether oxygens (including phenoxy) is 1. The van der Waals surface area contributed by atoms with E-state index in [1.54, 1.807) is 0 Å². The monoisotopic (exact) mass is 243 g/mol. The lowest BCUT2D eigenvalue weighted by Crippen LogP contribution is -2.32. The number of benzene rings is 1. The molecule has 0 atom stereocenters. The van der Waals surface area contributed by atoms with Gasteiger partial charge in [-0.3, -0.25) is 0 Å². The van der Waals surface area contributed by atoms with Crippen LogP contribution in [0.2, 0.25) is 0 Å². The average Bonchev–Trinajstić information content (AvgIpc) is 2.37. The third kappa shape index (κ3) is 2.95. The molecule has 0 radical (unpaired) electrons. The number of hydrogen-bond acceptors (Lipinski definition) is 2. The summed E-state index contributed by atoms with van der Waals surface area (Å²) < 4.78 is 5.82. The van der Waals surface area contributed by atoms with Gasteiger partial charge in [-0.15, -0.1) is 0 Å². The molecule has 0 N–H and O–H groups in total. The summed E-state index contributed by atoms with van der Waals surface area (Å²) in [6.07, 6.45) is 5.27. The topological polar surface area (TPSA) is 12.5 Å². The van der Waals surface area contributed by atoms with Crippen molar-refractivity contribution < 1.29 is 4.74 Å². The van der Waals surface area contributed by atoms with Crippen molar-refractivity contribution >= 4 is 5.69 Å². The van der Waals surface area contributed by atoms with Crippen LogP contribution in [0, 0.1) is 6.92 Å². The van der Waals surface area contributed by atoms with Crippen molar-refractivity contribution in [2.75, 3.05) is 18.2 Å². The number of rotatable bonds is 3. The molecule has 1 aromatic carbocycles. The minimum Gasteiger partial charge on any atom is -0.473 e. The molecule has 1 aliphatic heterocycles. The Balaban J connectivity index is 2.13. The van der Waals surface area contributed by atoms with Crippen LogP contribution in [0.1, 0.15) is 25.8 Å². The standard InChI is InChI=1S/C16H21NO/c1-4-5-9-16-14(3)11-17(12-18-16)15-8-6-7-13(2)10-15/h5-10H,4,11-12H2,1-3H3/b9-5-. The van der Waals surface area contributed by atoms with E-state index in [9.17, 15) is 0 Å². The van der Waals surface area contributed by atoms with Crippen molar-refractivity contribution in [1.82, 2.24) is 0 Å². The van der Waals surface area contributed by atoms with Crippen molar-refractivity contribution in [2.45, 2.75) is 27.2 Å². The Labute approximate surface area is 110 Å². The second-order valence-electron chi connectivity index (χ2n) is 4.77. The molecule has 0 aliphatic carbocycles. The van der Waals surface area contributed by atoms with Crippen molar-refractivity contribution in [3.63, 3.8) is 0 Å². The molecule has 96 valence electrons. The summed E-state index contributed by atoms with van der Waals surface area (Å²) in [6, 6.07) is 8.54. The molecule has 1 aliphatic rings. The minimum atomic E-state index is 0.629. The maximum absolute atomic E-state index is 5.82. The van der Waals surface area contributed by atoms with Crippen LogP contribution in [-0.2, 0) is 4.74 Å². The fraction of sp³-hybridized carbons (Fsp3) is 0.375. The molecule has 0 saturated heterocycles. The highest BCUT2D eigenvalue weighted by Gasteiger charge is 2.16. The van der Waals surface area contributed by atoms with E-state index in [0.717, 1.165) is 18.7 Å². The molecule has 0 bridgehead atoms. The summed E-state index contributed by atoms with van der Waals surface area (Å²) in [5.74, 6) is 1.03. The number of aryl methyl sites for hydroxylation is 1.